The van der Waals surface area contributed by atoms with Gasteiger partial charge in [-0.15, -0.1) is 0 Å². The number of amides is 1. The molecule has 3 saturated heterocycles. The summed E-state index contributed by atoms with van der Waals surface area (Å²) < 4.78 is 34.1. The highest BCUT2D eigenvalue weighted by molar-refractivity contribution is 5.76. The Hall–Kier alpha value is -1.21. The van der Waals surface area contributed by atoms with E-state index in [1.54, 1.807) is 0 Å². The van der Waals surface area contributed by atoms with E-state index >= 15 is 0 Å². The normalized spacial score (nSPS) is 32.5. The van der Waals surface area contributed by atoms with E-state index in [1.165, 1.54) is 96.3 Å². The first-order valence-electron chi connectivity index (χ1n) is 27.3. The predicted molar refractivity (Wildman–Crippen MR) is 259 cm³/mol. The van der Waals surface area contributed by atoms with Crippen molar-refractivity contribution in [1.82, 2.24) is 5.32 Å². The summed E-state index contributed by atoms with van der Waals surface area (Å²) in [7, 11) is 0. The van der Waals surface area contributed by atoms with Crippen LogP contribution in [0.15, 0.2) is 0 Å². The first-order chi connectivity index (χ1) is 33.8. The van der Waals surface area contributed by atoms with Crippen molar-refractivity contribution >= 4 is 5.91 Å². The van der Waals surface area contributed by atoms with Crippen LogP contribution in [-0.4, -0.2) is 193 Å². The van der Waals surface area contributed by atoms with E-state index < -0.39 is 124 Å². The Bertz CT molecular complexity index is 1300. The third-order valence-electron chi connectivity index (χ3n) is 14.2. The maximum atomic E-state index is 13.1. The van der Waals surface area contributed by atoms with E-state index in [2.05, 4.69) is 19.2 Å². The Labute approximate surface area is 417 Å². The van der Waals surface area contributed by atoms with E-state index in [9.17, 15) is 61.0 Å². The molecule has 0 aromatic rings. The molecule has 0 saturated carbocycles. The van der Waals surface area contributed by atoms with Crippen LogP contribution in [0.4, 0.5) is 0 Å². The van der Waals surface area contributed by atoms with Gasteiger partial charge in [0.25, 0.3) is 0 Å². The van der Waals surface area contributed by atoms with Crippen molar-refractivity contribution < 1.29 is 89.4 Å². The zero-order valence-corrected chi connectivity index (χ0v) is 42.5. The molecule has 70 heavy (non-hydrogen) atoms. The predicted octanol–water partition coefficient (Wildman–Crippen LogP) is 2.87. The van der Waals surface area contributed by atoms with Crippen molar-refractivity contribution in [1.29, 1.82) is 0 Å². The molecule has 0 radical (unpaired) electrons. The van der Waals surface area contributed by atoms with Crippen LogP contribution in [0.5, 0.6) is 0 Å². The number of carbonyl (C=O) groups excluding carboxylic acids is 1. The SMILES string of the molecule is CCCCCCCCCCCCCCCCCCCCC(O)C(COC1OC(CO)C(OC2OC(CO)C(OC3OC(CO)C(O)C(O)C3O)C(O)C2O)C(O)C1O)NC(=O)CCCCCCCCC. The van der Waals surface area contributed by atoms with Gasteiger partial charge >= 0.3 is 0 Å². The van der Waals surface area contributed by atoms with Gasteiger partial charge in [-0.05, 0) is 12.8 Å². The molecule has 0 aromatic heterocycles. The molecule has 0 aromatic carbocycles. The third-order valence-corrected chi connectivity index (χ3v) is 14.2. The molecular formula is C51H97NO18. The lowest BCUT2D eigenvalue weighted by Crippen LogP contribution is -2.66. The van der Waals surface area contributed by atoms with E-state index in [4.69, 9.17) is 28.4 Å². The first kappa shape index (κ1) is 63.1. The lowest BCUT2D eigenvalue weighted by molar-refractivity contribution is -0.379. The second kappa shape index (κ2) is 36.7. The highest BCUT2D eigenvalue weighted by Crippen LogP contribution is 2.33. The van der Waals surface area contributed by atoms with Gasteiger partial charge in [0, 0.05) is 6.42 Å². The van der Waals surface area contributed by atoms with E-state index in [-0.39, 0.29) is 18.9 Å². The largest absolute Gasteiger partial charge is 0.394 e. The molecule has 12 N–H and O–H groups in total. The van der Waals surface area contributed by atoms with Crippen LogP contribution in [0, 0.1) is 0 Å². The highest BCUT2D eigenvalue weighted by Gasteiger charge is 2.53. The zero-order valence-electron chi connectivity index (χ0n) is 42.5. The molecule has 0 aliphatic carbocycles. The maximum absolute atomic E-state index is 13.1. The number of hydrogen-bond donors (Lipinski definition) is 12. The number of aliphatic hydroxyl groups is 11. The minimum Gasteiger partial charge on any atom is -0.394 e. The van der Waals surface area contributed by atoms with Crippen molar-refractivity contribution in [2.75, 3.05) is 26.4 Å². The molecule has 0 bridgehead atoms. The van der Waals surface area contributed by atoms with Gasteiger partial charge < -0.3 is 89.9 Å². The topological polar surface area (TPSA) is 307 Å². The standard InChI is InChI=1S/C51H97NO18/c1-3-5-7-9-11-12-13-14-15-16-17-18-19-20-21-23-24-26-28-35(56)34(52-39(57)29-27-25-22-10-8-6-4-2)33-65-49-45(63)42(60)47(37(31-54)67-49)70-51-46(64)43(61)48(38(32-55)68-51)69-50-44(62)41(59)40(58)36(30-53)66-50/h34-38,40-51,53-56,58-64H,3-33H2,1-2H3,(H,52,57). The molecule has 3 aliphatic heterocycles. The van der Waals surface area contributed by atoms with Gasteiger partial charge in [-0.25, -0.2) is 0 Å². The number of ether oxygens (including phenoxy) is 6. The molecular weight excluding hydrogens is 915 g/mol. The summed E-state index contributed by atoms with van der Waals surface area (Å²) in [5.74, 6) is -0.249. The lowest BCUT2D eigenvalue weighted by Gasteiger charge is -2.48. The van der Waals surface area contributed by atoms with Crippen molar-refractivity contribution in [2.24, 2.45) is 0 Å². The highest BCUT2D eigenvalue weighted by atomic mass is 16.8. The molecule has 19 heteroatoms. The fraction of sp³-hybridized carbons (Fsp3) is 0.980. The Kier molecular flexibility index (Phi) is 33.1. The van der Waals surface area contributed by atoms with Gasteiger partial charge in [0.05, 0.1) is 38.6 Å². The Morgan fingerprint density at radius 1 is 0.457 bits per heavy atom. The third kappa shape index (κ3) is 21.9. The average Bonchev–Trinajstić information content (AvgIpc) is 3.35. The number of carbonyl (C=O) groups is 1. The number of aliphatic hydroxyl groups excluding tert-OH is 11. The smallest absolute Gasteiger partial charge is 0.220 e. The van der Waals surface area contributed by atoms with Crippen LogP contribution in [-0.2, 0) is 33.2 Å². The second-order valence-corrected chi connectivity index (χ2v) is 20.1. The molecule has 3 heterocycles. The Morgan fingerprint density at radius 3 is 1.24 bits per heavy atom. The molecule has 3 rings (SSSR count). The van der Waals surface area contributed by atoms with Gasteiger partial charge in [0.1, 0.15) is 73.2 Å². The van der Waals surface area contributed by atoms with Gasteiger partial charge in [0.2, 0.25) is 5.91 Å². The van der Waals surface area contributed by atoms with Crippen LogP contribution < -0.4 is 5.32 Å². The maximum Gasteiger partial charge on any atom is 0.220 e. The molecule has 1 amide bonds. The number of rotatable bonds is 39. The quantitative estimate of drug-likeness (QED) is 0.0394. The van der Waals surface area contributed by atoms with Crippen LogP contribution >= 0.6 is 0 Å². The summed E-state index contributed by atoms with van der Waals surface area (Å²) in [6.45, 7) is 1.72. The van der Waals surface area contributed by atoms with E-state index in [1.807, 2.05) is 0 Å². The van der Waals surface area contributed by atoms with Crippen LogP contribution in [0.2, 0.25) is 0 Å². The van der Waals surface area contributed by atoms with E-state index in [0.717, 1.165) is 57.8 Å². The van der Waals surface area contributed by atoms with Gasteiger partial charge in [-0.3, -0.25) is 4.79 Å². The fourth-order valence-electron chi connectivity index (χ4n) is 9.61. The second-order valence-electron chi connectivity index (χ2n) is 20.1. The summed E-state index contributed by atoms with van der Waals surface area (Å²) >= 11 is 0. The van der Waals surface area contributed by atoms with Crippen molar-refractivity contribution in [3.63, 3.8) is 0 Å². The van der Waals surface area contributed by atoms with Crippen LogP contribution in [0.1, 0.15) is 187 Å². The number of unbranched alkanes of at least 4 members (excludes halogenated alkanes) is 23. The van der Waals surface area contributed by atoms with Crippen LogP contribution in [0.25, 0.3) is 0 Å². The molecule has 3 aliphatic rings. The number of hydrogen-bond acceptors (Lipinski definition) is 18. The minimum absolute atomic E-state index is 0.249. The summed E-state index contributed by atoms with van der Waals surface area (Å²) in [6.07, 6.45) is 3.78. The first-order valence-corrected chi connectivity index (χ1v) is 27.3. The number of nitrogens with one attached hydrogen (secondary N) is 1. The average molecular weight is 1010 g/mol. The van der Waals surface area contributed by atoms with Crippen molar-refractivity contribution in [2.45, 2.75) is 291 Å². The van der Waals surface area contributed by atoms with Gasteiger partial charge in [0.15, 0.2) is 18.9 Å². The molecule has 17 unspecified atom stereocenters. The summed E-state index contributed by atoms with van der Waals surface area (Å²) in [6, 6.07) is -0.877. The molecule has 19 nitrogen and oxygen atoms in total. The monoisotopic (exact) mass is 1010 g/mol. The lowest BCUT2D eigenvalue weighted by atomic mass is 9.96. The van der Waals surface area contributed by atoms with E-state index in [0.29, 0.717) is 12.8 Å². The molecule has 3 fully saturated rings. The molecule has 17 atom stereocenters. The van der Waals surface area contributed by atoms with Crippen molar-refractivity contribution in [3.8, 4) is 0 Å². The summed E-state index contributed by atoms with van der Waals surface area (Å²) in [4.78, 5) is 13.1. The van der Waals surface area contributed by atoms with Crippen molar-refractivity contribution in [3.05, 3.63) is 0 Å². The van der Waals surface area contributed by atoms with Gasteiger partial charge in [-0.1, -0.05) is 168 Å². The Balaban J connectivity index is 1.49. The zero-order chi connectivity index (χ0) is 51.3. The Morgan fingerprint density at radius 2 is 0.814 bits per heavy atom. The summed E-state index contributed by atoms with van der Waals surface area (Å²) in [5, 5.41) is 120. The van der Waals surface area contributed by atoms with Crippen LogP contribution in [0.3, 0.4) is 0 Å². The molecule has 0 spiro atoms. The molecule has 414 valence electrons. The van der Waals surface area contributed by atoms with Gasteiger partial charge in [-0.2, -0.15) is 0 Å². The summed E-state index contributed by atoms with van der Waals surface area (Å²) in [5.41, 5.74) is 0. The fourth-order valence-corrected chi connectivity index (χ4v) is 9.61. The minimum atomic E-state index is -1.97.